The van der Waals surface area contributed by atoms with Crippen molar-refractivity contribution >= 4 is 45.5 Å². The normalized spacial score (nSPS) is 10.9. The first-order valence-electron chi connectivity index (χ1n) is 8.94. The Kier molecular flexibility index (Phi) is 6.62. The second kappa shape index (κ2) is 9.34. The van der Waals surface area contributed by atoms with Crippen LogP contribution in [0.25, 0.3) is 21.9 Å². The molecule has 0 aliphatic carbocycles. The molecule has 0 spiro atoms. The van der Waals surface area contributed by atoms with Crippen LogP contribution < -0.4 is 20.9 Å². The van der Waals surface area contributed by atoms with E-state index in [1.807, 2.05) is 0 Å². The van der Waals surface area contributed by atoms with Crippen molar-refractivity contribution in [2.75, 3.05) is 19.6 Å². The third kappa shape index (κ3) is 4.68. The number of fused-ring (bicyclic) bond motifs is 2. The van der Waals surface area contributed by atoms with Crippen LogP contribution in [-0.2, 0) is 4.79 Å². The number of carbonyl (C=O) groups excluding carboxylic acids is 2. The van der Waals surface area contributed by atoms with E-state index in [9.17, 15) is 14.4 Å². The summed E-state index contributed by atoms with van der Waals surface area (Å²) in [5, 5.41) is 6.36. The summed E-state index contributed by atoms with van der Waals surface area (Å²) < 4.78 is 5.74. The van der Waals surface area contributed by atoms with E-state index in [4.69, 9.17) is 16.2 Å². The number of para-hydroxylation sites is 1. The Labute approximate surface area is 166 Å². The highest BCUT2D eigenvalue weighted by molar-refractivity contribution is 6.13. The maximum absolute atomic E-state index is 12.7. The Morgan fingerprint density at radius 2 is 1.68 bits per heavy atom. The standard InChI is InChI=1S/C20H20ClN3O4/c21-24-11-8-18(25)22-9-3-10-23-20(27)13-6-7-17-15(12-13)19(26)14-4-1-2-5-16(14)28-17/h1-2,4-7,12,24H,3,8-11H2,(H,22,25)(H,23,27). The molecule has 0 unspecified atom stereocenters. The summed E-state index contributed by atoms with van der Waals surface area (Å²) in [6, 6.07) is 11.8. The quantitative estimate of drug-likeness (QED) is 0.305. The van der Waals surface area contributed by atoms with Crippen molar-refractivity contribution in [3.8, 4) is 0 Å². The van der Waals surface area contributed by atoms with Crippen LogP contribution in [0.15, 0.2) is 51.7 Å². The molecule has 7 nitrogen and oxygen atoms in total. The summed E-state index contributed by atoms with van der Waals surface area (Å²) in [4.78, 5) is 38.8. The van der Waals surface area contributed by atoms with Crippen LogP contribution in [0.5, 0.6) is 0 Å². The van der Waals surface area contributed by atoms with E-state index in [1.165, 1.54) is 0 Å². The van der Waals surface area contributed by atoms with Crippen LogP contribution in [0, 0.1) is 0 Å². The lowest BCUT2D eigenvalue weighted by molar-refractivity contribution is -0.120. The zero-order valence-corrected chi connectivity index (χ0v) is 15.8. The van der Waals surface area contributed by atoms with Crippen molar-refractivity contribution < 1.29 is 14.0 Å². The smallest absolute Gasteiger partial charge is 0.251 e. The first-order valence-corrected chi connectivity index (χ1v) is 9.32. The number of carbonyl (C=O) groups is 2. The molecule has 3 N–H and O–H groups in total. The SMILES string of the molecule is O=C(CCNCl)NCCCNC(=O)c1ccc2oc3ccccc3c(=O)c2c1. The second-order valence-electron chi connectivity index (χ2n) is 6.23. The van der Waals surface area contributed by atoms with Gasteiger partial charge < -0.3 is 15.1 Å². The first-order chi connectivity index (χ1) is 13.6. The van der Waals surface area contributed by atoms with Gasteiger partial charge in [0.15, 0.2) is 0 Å². The highest BCUT2D eigenvalue weighted by atomic mass is 35.5. The predicted octanol–water partition coefficient (Wildman–Crippen LogP) is 2.32. The molecule has 28 heavy (non-hydrogen) atoms. The van der Waals surface area contributed by atoms with Gasteiger partial charge in [0, 0.05) is 31.6 Å². The summed E-state index contributed by atoms with van der Waals surface area (Å²) in [5.41, 5.74) is 1.17. The maximum atomic E-state index is 12.7. The van der Waals surface area contributed by atoms with Gasteiger partial charge in [-0.05, 0) is 48.5 Å². The molecule has 0 aliphatic heterocycles. The molecule has 3 aromatic rings. The average Bonchev–Trinajstić information content (AvgIpc) is 2.72. The number of hydrogen-bond acceptors (Lipinski definition) is 5. The van der Waals surface area contributed by atoms with Crippen molar-refractivity contribution in [2.24, 2.45) is 0 Å². The van der Waals surface area contributed by atoms with Crippen molar-refractivity contribution in [2.45, 2.75) is 12.8 Å². The molecule has 0 saturated carbocycles. The van der Waals surface area contributed by atoms with E-state index in [2.05, 4.69) is 15.5 Å². The van der Waals surface area contributed by atoms with Crippen molar-refractivity contribution in [1.29, 1.82) is 0 Å². The number of rotatable bonds is 8. The molecule has 0 saturated heterocycles. The summed E-state index contributed by atoms with van der Waals surface area (Å²) in [7, 11) is 0. The van der Waals surface area contributed by atoms with Gasteiger partial charge in [-0.15, -0.1) is 0 Å². The van der Waals surface area contributed by atoms with Gasteiger partial charge in [-0.1, -0.05) is 12.1 Å². The van der Waals surface area contributed by atoms with Crippen LogP contribution in [0.1, 0.15) is 23.2 Å². The lowest BCUT2D eigenvalue weighted by atomic mass is 10.1. The number of benzene rings is 2. The summed E-state index contributed by atoms with van der Waals surface area (Å²) in [5.74, 6) is -0.389. The van der Waals surface area contributed by atoms with E-state index in [0.717, 1.165) is 0 Å². The zero-order valence-electron chi connectivity index (χ0n) is 15.1. The largest absolute Gasteiger partial charge is 0.456 e. The van der Waals surface area contributed by atoms with E-state index < -0.39 is 0 Å². The molecule has 3 rings (SSSR count). The van der Waals surface area contributed by atoms with Gasteiger partial charge >= 0.3 is 0 Å². The fourth-order valence-electron chi connectivity index (χ4n) is 2.81. The molecular weight excluding hydrogens is 382 g/mol. The molecule has 0 atom stereocenters. The highest BCUT2D eigenvalue weighted by Gasteiger charge is 2.11. The molecule has 8 heteroatoms. The maximum Gasteiger partial charge on any atom is 0.251 e. The van der Waals surface area contributed by atoms with Gasteiger partial charge in [0.25, 0.3) is 5.91 Å². The van der Waals surface area contributed by atoms with Crippen LogP contribution in [0.3, 0.4) is 0 Å². The molecule has 2 amide bonds. The van der Waals surface area contributed by atoms with Gasteiger partial charge in [-0.25, -0.2) is 4.84 Å². The molecule has 1 heterocycles. The Balaban J connectivity index is 1.61. The van der Waals surface area contributed by atoms with Crippen molar-refractivity contribution in [3.63, 3.8) is 0 Å². The van der Waals surface area contributed by atoms with E-state index >= 15 is 0 Å². The van der Waals surface area contributed by atoms with Crippen LogP contribution in [0.2, 0.25) is 0 Å². The molecule has 2 aromatic carbocycles. The predicted molar refractivity (Wildman–Crippen MR) is 108 cm³/mol. The number of hydrogen-bond donors (Lipinski definition) is 3. The van der Waals surface area contributed by atoms with Crippen molar-refractivity contribution in [1.82, 2.24) is 15.5 Å². The van der Waals surface area contributed by atoms with Crippen molar-refractivity contribution in [3.05, 3.63) is 58.3 Å². The molecule has 146 valence electrons. The van der Waals surface area contributed by atoms with Crippen LogP contribution in [-0.4, -0.2) is 31.4 Å². The minimum atomic E-state index is -0.285. The lowest BCUT2D eigenvalue weighted by Gasteiger charge is -2.08. The van der Waals surface area contributed by atoms with Crippen LogP contribution >= 0.6 is 11.8 Å². The fraction of sp³-hybridized carbons (Fsp3) is 0.250. The van der Waals surface area contributed by atoms with Gasteiger partial charge in [0.2, 0.25) is 11.3 Å². The Bertz CT molecular complexity index is 1060. The number of halogens is 1. The zero-order chi connectivity index (χ0) is 19.9. The Hall–Kier alpha value is -2.90. The third-order valence-electron chi connectivity index (χ3n) is 4.25. The second-order valence-corrected chi connectivity index (χ2v) is 6.50. The molecule has 0 aliphatic rings. The summed E-state index contributed by atoms with van der Waals surface area (Å²) in [6.07, 6.45) is 0.885. The van der Waals surface area contributed by atoms with Gasteiger partial charge in [-0.2, -0.15) is 0 Å². The first kappa shape index (κ1) is 19.9. The molecule has 0 bridgehead atoms. The number of amides is 2. The van der Waals surface area contributed by atoms with E-state index in [0.29, 0.717) is 60.0 Å². The molecule has 1 aromatic heterocycles. The number of nitrogens with one attached hydrogen (secondary N) is 3. The summed E-state index contributed by atoms with van der Waals surface area (Å²) >= 11 is 5.29. The minimum absolute atomic E-state index is 0.104. The topological polar surface area (TPSA) is 100 Å². The van der Waals surface area contributed by atoms with Gasteiger partial charge in [0.1, 0.15) is 11.2 Å². The average molecular weight is 402 g/mol. The Morgan fingerprint density at radius 1 is 0.929 bits per heavy atom. The fourth-order valence-corrected chi connectivity index (χ4v) is 2.91. The minimum Gasteiger partial charge on any atom is -0.456 e. The highest BCUT2D eigenvalue weighted by Crippen LogP contribution is 2.19. The lowest BCUT2D eigenvalue weighted by Crippen LogP contribution is -2.30. The van der Waals surface area contributed by atoms with E-state index in [1.54, 1.807) is 42.5 Å². The monoisotopic (exact) mass is 401 g/mol. The summed E-state index contributed by atoms with van der Waals surface area (Å²) in [6.45, 7) is 1.25. The molecule has 0 radical (unpaired) electrons. The van der Waals surface area contributed by atoms with Gasteiger partial charge in [-0.3, -0.25) is 14.4 Å². The molecular formula is C20H20ClN3O4. The Morgan fingerprint density at radius 3 is 2.50 bits per heavy atom. The molecule has 0 fully saturated rings. The third-order valence-corrected chi connectivity index (χ3v) is 4.43. The van der Waals surface area contributed by atoms with Crippen LogP contribution in [0.4, 0.5) is 0 Å². The van der Waals surface area contributed by atoms with Gasteiger partial charge in [0.05, 0.1) is 10.8 Å². The van der Waals surface area contributed by atoms with E-state index in [-0.39, 0.29) is 17.2 Å².